The van der Waals surface area contributed by atoms with Gasteiger partial charge in [-0.15, -0.1) is 0 Å². The minimum Gasteiger partial charge on any atom is -0.381 e. The van der Waals surface area contributed by atoms with Crippen molar-refractivity contribution in [2.24, 2.45) is 5.73 Å². The number of hydrogen-bond acceptors (Lipinski definition) is 2. The molecule has 20 heavy (non-hydrogen) atoms. The van der Waals surface area contributed by atoms with Crippen molar-refractivity contribution in [3.05, 3.63) is 64.7 Å². The maximum absolute atomic E-state index is 11.3. The fourth-order valence-corrected chi connectivity index (χ4v) is 2.36. The van der Waals surface area contributed by atoms with Gasteiger partial charge >= 0.3 is 0 Å². The van der Waals surface area contributed by atoms with Gasteiger partial charge in [0.1, 0.15) is 0 Å². The first-order chi connectivity index (χ1) is 9.63. The van der Waals surface area contributed by atoms with Gasteiger partial charge in [0.2, 0.25) is 5.91 Å². The molecule has 0 radical (unpaired) electrons. The van der Waals surface area contributed by atoms with Crippen molar-refractivity contribution >= 4 is 11.6 Å². The summed E-state index contributed by atoms with van der Waals surface area (Å²) >= 11 is 0. The molecule has 3 heteroatoms. The zero-order valence-corrected chi connectivity index (χ0v) is 11.9. The Labute approximate surface area is 119 Å². The fourth-order valence-electron chi connectivity index (χ4n) is 2.36. The summed E-state index contributed by atoms with van der Waals surface area (Å²) in [7, 11) is 0. The molecular formula is C17H20N2O. The van der Waals surface area contributed by atoms with Crippen LogP contribution in [0.3, 0.4) is 0 Å². The van der Waals surface area contributed by atoms with Crippen LogP contribution < -0.4 is 11.1 Å². The quantitative estimate of drug-likeness (QED) is 0.874. The Morgan fingerprint density at radius 1 is 1.10 bits per heavy atom. The van der Waals surface area contributed by atoms with E-state index >= 15 is 0 Å². The van der Waals surface area contributed by atoms with Crippen LogP contribution in [0.2, 0.25) is 0 Å². The second-order valence-electron chi connectivity index (χ2n) is 4.82. The number of primary amides is 1. The Kier molecular flexibility index (Phi) is 4.41. The number of amides is 1. The molecule has 0 heterocycles. The Morgan fingerprint density at radius 3 is 2.45 bits per heavy atom. The number of aryl methyl sites for hydroxylation is 1. The van der Waals surface area contributed by atoms with E-state index in [1.807, 2.05) is 25.1 Å². The van der Waals surface area contributed by atoms with Gasteiger partial charge in [-0.05, 0) is 42.2 Å². The molecule has 2 aromatic rings. The van der Waals surface area contributed by atoms with Crippen LogP contribution in [-0.2, 0) is 13.0 Å². The van der Waals surface area contributed by atoms with E-state index in [0.717, 1.165) is 24.2 Å². The molecule has 3 nitrogen and oxygen atoms in total. The second kappa shape index (κ2) is 6.24. The molecule has 0 aromatic heterocycles. The first kappa shape index (κ1) is 14.1. The van der Waals surface area contributed by atoms with E-state index < -0.39 is 0 Å². The van der Waals surface area contributed by atoms with Gasteiger partial charge in [-0.3, -0.25) is 4.79 Å². The predicted octanol–water partition coefficient (Wildman–Crippen LogP) is 3.27. The number of benzene rings is 2. The molecule has 0 aliphatic carbocycles. The Balaban J connectivity index is 2.19. The molecule has 0 saturated heterocycles. The summed E-state index contributed by atoms with van der Waals surface area (Å²) < 4.78 is 0. The van der Waals surface area contributed by atoms with E-state index in [-0.39, 0.29) is 5.91 Å². The van der Waals surface area contributed by atoms with Gasteiger partial charge in [-0.25, -0.2) is 0 Å². The topological polar surface area (TPSA) is 55.1 Å². The predicted molar refractivity (Wildman–Crippen MR) is 82.8 cm³/mol. The van der Waals surface area contributed by atoms with Crippen LogP contribution in [-0.4, -0.2) is 5.91 Å². The van der Waals surface area contributed by atoms with Crippen LogP contribution in [0.1, 0.15) is 34.0 Å². The summed E-state index contributed by atoms with van der Waals surface area (Å²) in [6.45, 7) is 4.80. The average molecular weight is 268 g/mol. The van der Waals surface area contributed by atoms with E-state index in [4.69, 9.17) is 5.73 Å². The maximum Gasteiger partial charge on any atom is 0.249 e. The molecule has 0 spiro atoms. The van der Waals surface area contributed by atoms with Crippen LogP contribution in [0.15, 0.2) is 42.5 Å². The van der Waals surface area contributed by atoms with Gasteiger partial charge in [0, 0.05) is 17.8 Å². The third kappa shape index (κ3) is 2.99. The van der Waals surface area contributed by atoms with Crippen molar-refractivity contribution in [1.82, 2.24) is 0 Å². The van der Waals surface area contributed by atoms with Gasteiger partial charge in [-0.2, -0.15) is 0 Å². The van der Waals surface area contributed by atoms with Crippen LogP contribution in [0.4, 0.5) is 5.69 Å². The Morgan fingerprint density at radius 2 is 1.80 bits per heavy atom. The van der Waals surface area contributed by atoms with Gasteiger partial charge in [0.15, 0.2) is 0 Å². The number of nitrogens with one attached hydrogen (secondary N) is 1. The van der Waals surface area contributed by atoms with Crippen molar-refractivity contribution in [2.45, 2.75) is 26.8 Å². The zero-order chi connectivity index (χ0) is 14.5. The summed E-state index contributed by atoms with van der Waals surface area (Å²) in [5.41, 5.74) is 10.4. The molecule has 1 amide bonds. The fraction of sp³-hybridized carbons (Fsp3) is 0.235. The lowest BCUT2D eigenvalue weighted by molar-refractivity contribution is 0.1000. The molecule has 104 valence electrons. The molecule has 0 aliphatic rings. The summed E-state index contributed by atoms with van der Waals surface area (Å²) in [5, 5.41) is 3.39. The molecule has 3 N–H and O–H groups in total. The molecule has 0 bridgehead atoms. The van der Waals surface area contributed by atoms with Crippen molar-refractivity contribution in [3.8, 4) is 0 Å². The summed E-state index contributed by atoms with van der Waals surface area (Å²) in [5.74, 6) is -0.389. The first-order valence-electron chi connectivity index (χ1n) is 6.83. The Bertz CT molecular complexity index is 620. The van der Waals surface area contributed by atoms with Crippen LogP contribution >= 0.6 is 0 Å². The maximum atomic E-state index is 11.3. The van der Waals surface area contributed by atoms with Crippen LogP contribution in [0.25, 0.3) is 0 Å². The lowest BCUT2D eigenvalue weighted by atomic mass is 10.0. The molecule has 0 unspecified atom stereocenters. The molecule has 0 aliphatic heterocycles. The first-order valence-corrected chi connectivity index (χ1v) is 6.83. The van der Waals surface area contributed by atoms with E-state index in [1.54, 1.807) is 6.07 Å². The smallest absolute Gasteiger partial charge is 0.249 e. The van der Waals surface area contributed by atoms with Gasteiger partial charge in [-0.1, -0.05) is 37.3 Å². The number of carbonyl (C=O) groups excluding carboxylic acids is 1. The second-order valence-corrected chi connectivity index (χ2v) is 4.82. The highest BCUT2D eigenvalue weighted by Crippen LogP contribution is 2.20. The van der Waals surface area contributed by atoms with Crippen molar-refractivity contribution < 1.29 is 4.79 Å². The molecule has 2 rings (SSSR count). The monoisotopic (exact) mass is 268 g/mol. The van der Waals surface area contributed by atoms with E-state index in [0.29, 0.717) is 5.56 Å². The van der Waals surface area contributed by atoms with Crippen LogP contribution in [0.5, 0.6) is 0 Å². The van der Waals surface area contributed by atoms with Gasteiger partial charge in [0.25, 0.3) is 0 Å². The third-order valence-electron chi connectivity index (χ3n) is 3.57. The van der Waals surface area contributed by atoms with E-state index in [1.165, 1.54) is 11.1 Å². The summed E-state index contributed by atoms with van der Waals surface area (Å²) in [6.07, 6.45) is 1.01. The number of carbonyl (C=O) groups is 1. The minimum absolute atomic E-state index is 0.389. The Hall–Kier alpha value is -2.29. The largest absolute Gasteiger partial charge is 0.381 e. The summed E-state index contributed by atoms with van der Waals surface area (Å²) in [6, 6.07) is 13.9. The summed E-state index contributed by atoms with van der Waals surface area (Å²) in [4.78, 5) is 11.3. The highest BCUT2D eigenvalue weighted by Gasteiger charge is 2.08. The zero-order valence-electron chi connectivity index (χ0n) is 11.9. The number of hydrogen-bond donors (Lipinski definition) is 2. The number of anilines is 1. The van der Waals surface area contributed by atoms with Crippen molar-refractivity contribution in [2.75, 3.05) is 5.32 Å². The molecule has 0 saturated carbocycles. The van der Waals surface area contributed by atoms with Crippen LogP contribution in [0, 0.1) is 6.92 Å². The van der Waals surface area contributed by atoms with E-state index in [9.17, 15) is 4.79 Å². The van der Waals surface area contributed by atoms with Gasteiger partial charge < -0.3 is 11.1 Å². The third-order valence-corrected chi connectivity index (χ3v) is 3.57. The SMILES string of the molecule is CCc1ccccc1CNc1cccc(C(N)=O)c1C. The molecular weight excluding hydrogens is 248 g/mol. The molecule has 0 fully saturated rings. The average Bonchev–Trinajstić information content (AvgIpc) is 2.46. The van der Waals surface area contributed by atoms with Gasteiger partial charge in [0.05, 0.1) is 0 Å². The standard InChI is InChI=1S/C17H20N2O/c1-3-13-7-4-5-8-14(13)11-19-16-10-6-9-15(12(16)2)17(18)20/h4-10,19H,3,11H2,1-2H3,(H2,18,20). The van der Waals surface area contributed by atoms with Crippen molar-refractivity contribution in [1.29, 1.82) is 0 Å². The van der Waals surface area contributed by atoms with E-state index in [2.05, 4.69) is 30.4 Å². The number of rotatable bonds is 5. The lowest BCUT2D eigenvalue weighted by Gasteiger charge is -2.13. The molecule has 0 atom stereocenters. The molecule has 2 aromatic carbocycles. The minimum atomic E-state index is -0.389. The number of nitrogens with two attached hydrogens (primary N) is 1. The normalized spacial score (nSPS) is 10.3. The lowest BCUT2D eigenvalue weighted by Crippen LogP contribution is -2.14. The highest BCUT2D eigenvalue weighted by molar-refractivity contribution is 5.95. The highest BCUT2D eigenvalue weighted by atomic mass is 16.1. The van der Waals surface area contributed by atoms with Crippen molar-refractivity contribution in [3.63, 3.8) is 0 Å².